The van der Waals surface area contributed by atoms with Gasteiger partial charge in [0.15, 0.2) is 0 Å². The Balaban J connectivity index is 1.32. The van der Waals surface area contributed by atoms with Gasteiger partial charge in [0.2, 0.25) is 10.0 Å². The summed E-state index contributed by atoms with van der Waals surface area (Å²) in [4.78, 5) is 15.0. The molecule has 5 aromatic carbocycles. The van der Waals surface area contributed by atoms with Crippen LogP contribution in [0.3, 0.4) is 0 Å². The molecule has 5 rings (SSSR count). The third-order valence-corrected chi connectivity index (χ3v) is 7.79. The molecule has 2 N–H and O–H groups in total. The molecule has 0 aliphatic rings. The van der Waals surface area contributed by atoms with E-state index < -0.39 is 10.0 Å². The first-order valence-corrected chi connectivity index (χ1v) is 14.3. The maximum atomic E-state index is 13.4. The van der Waals surface area contributed by atoms with Crippen molar-refractivity contribution < 1.29 is 17.9 Å². The van der Waals surface area contributed by atoms with Gasteiger partial charge in [-0.3, -0.25) is 4.90 Å². The Hall–Kier alpha value is -4.66. The lowest BCUT2D eigenvalue weighted by molar-refractivity contribution is 0.257. The number of nitrogens with zero attached hydrogens (tertiary/aromatic N) is 1. The lowest BCUT2D eigenvalue weighted by Gasteiger charge is -2.24. The highest BCUT2D eigenvalue weighted by molar-refractivity contribution is 7.89. The van der Waals surface area contributed by atoms with Crippen molar-refractivity contribution >= 4 is 38.2 Å². The number of nitrogens with one attached hydrogen (secondary N) is 2. The van der Waals surface area contributed by atoms with Gasteiger partial charge in [-0.25, -0.2) is 17.9 Å². The first-order valence-electron chi connectivity index (χ1n) is 12.8. The minimum Gasteiger partial charge on any atom is -0.457 e. The molecule has 0 atom stereocenters. The number of hydrogen-bond acceptors (Lipinski definition) is 4. The van der Waals surface area contributed by atoms with Crippen molar-refractivity contribution in [1.82, 2.24) is 4.72 Å². The van der Waals surface area contributed by atoms with Gasteiger partial charge in [0.1, 0.15) is 11.5 Å². The van der Waals surface area contributed by atoms with Crippen LogP contribution >= 0.6 is 0 Å². The summed E-state index contributed by atoms with van der Waals surface area (Å²) < 4.78 is 34.6. The van der Waals surface area contributed by atoms with Gasteiger partial charge < -0.3 is 10.1 Å². The normalized spacial score (nSPS) is 11.2. The van der Waals surface area contributed by atoms with Gasteiger partial charge in [-0.05, 0) is 78.4 Å². The summed E-state index contributed by atoms with van der Waals surface area (Å²) in [7, 11) is -3.79. The van der Waals surface area contributed by atoms with Gasteiger partial charge in [-0.2, -0.15) is 0 Å². The van der Waals surface area contributed by atoms with E-state index in [2.05, 4.69) is 10.0 Å². The minimum atomic E-state index is -3.79. The number of urea groups is 1. The number of hydrogen-bond donors (Lipinski definition) is 2. The number of sulfonamides is 1. The van der Waals surface area contributed by atoms with Crippen LogP contribution in [0, 0.1) is 6.92 Å². The zero-order valence-electron chi connectivity index (χ0n) is 21.9. The fourth-order valence-corrected chi connectivity index (χ4v) is 5.26. The molecule has 40 heavy (non-hydrogen) atoms. The molecule has 7 nitrogen and oxygen atoms in total. The number of fused-ring (bicyclic) bond motifs is 1. The molecular formula is C32H29N3O4S. The van der Waals surface area contributed by atoms with Crippen molar-refractivity contribution in [2.45, 2.75) is 11.8 Å². The van der Waals surface area contributed by atoms with Crippen molar-refractivity contribution in [3.63, 3.8) is 0 Å². The third-order valence-electron chi connectivity index (χ3n) is 6.33. The van der Waals surface area contributed by atoms with Crippen molar-refractivity contribution in [3.8, 4) is 11.5 Å². The van der Waals surface area contributed by atoms with Crippen molar-refractivity contribution in [3.05, 3.63) is 127 Å². The molecule has 0 radical (unpaired) electrons. The summed E-state index contributed by atoms with van der Waals surface area (Å²) in [6.45, 7) is 2.08. The Morgan fingerprint density at radius 1 is 0.750 bits per heavy atom. The Bertz CT molecular complexity index is 1710. The number of carbonyl (C=O) groups is 1. The minimum absolute atomic E-state index is 0.0126. The van der Waals surface area contributed by atoms with Crippen LogP contribution < -0.4 is 19.7 Å². The van der Waals surface area contributed by atoms with E-state index >= 15 is 0 Å². The molecular weight excluding hydrogens is 522 g/mol. The number of anilines is 2. The summed E-state index contributed by atoms with van der Waals surface area (Å²) >= 11 is 0. The summed E-state index contributed by atoms with van der Waals surface area (Å²) in [6, 6.07) is 36.2. The molecule has 0 saturated carbocycles. The van der Waals surface area contributed by atoms with Gasteiger partial charge in [-0.15, -0.1) is 0 Å². The third kappa shape index (κ3) is 6.66. The smallest absolute Gasteiger partial charge is 0.326 e. The summed E-state index contributed by atoms with van der Waals surface area (Å²) in [6.07, 6.45) is 0. The molecule has 0 fully saturated rings. The average Bonchev–Trinajstić information content (AvgIpc) is 2.97. The molecule has 0 bridgehead atoms. The van der Waals surface area contributed by atoms with E-state index in [-0.39, 0.29) is 24.0 Å². The van der Waals surface area contributed by atoms with E-state index in [1.165, 1.54) is 4.90 Å². The lowest BCUT2D eigenvalue weighted by atomic mass is 10.1. The predicted molar refractivity (Wildman–Crippen MR) is 160 cm³/mol. The molecule has 0 aliphatic heterocycles. The highest BCUT2D eigenvalue weighted by Crippen LogP contribution is 2.25. The second-order valence-corrected chi connectivity index (χ2v) is 11.0. The van der Waals surface area contributed by atoms with Gasteiger partial charge in [0.25, 0.3) is 0 Å². The van der Waals surface area contributed by atoms with E-state index in [4.69, 9.17) is 4.74 Å². The van der Waals surface area contributed by atoms with Crippen LogP contribution in [0.5, 0.6) is 11.5 Å². The van der Waals surface area contributed by atoms with Crippen molar-refractivity contribution in [1.29, 1.82) is 0 Å². The maximum absolute atomic E-state index is 13.4. The zero-order valence-corrected chi connectivity index (χ0v) is 22.8. The SMILES string of the molecule is Cc1ccc(NC(=O)N(CCNS(=O)(=O)c2ccc3ccccc3c2)c2ccc(Oc3ccccc3)cc2)cc1. The monoisotopic (exact) mass is 551 g/mol. The lowest BCUT2D eigenvalue weighted by Crippen LogP contribution is -2.41. The number of para-hydroxylation sites is 1. The fourth-order valence-electron chi connectivity index (χ4n) is 4.20. The van der Waals surface area contributed by atoms with E-state index in [0.29, 0.717) is 22.9 Å². The highest BCUT2D eigenvalue weighted by Gasteiger charge is 2.19. The van der Waals surface area contributed by atoms with Gasteiger partial charge in [-0.1, -0.05) is 66.2 Å². The standard InChI is InChI=1S/C32H29N3O4S/c1-24-11-14-27(15-12-24)34-32(36)35(28-16-18-30(19-17-28)39-29-9-3-2-4-10-29)22-21-33-40(37,38)31-20-13-25-7-5-6-8-26(25)23-31/h2-20,23,33H,21-22H2,1H3,(H,34,36). The molecule has 8 heteroatoms. The second kappa shape index (κ2) is 12.0. The van der Waals surface area contributed by atoms with E-state index in [0.717, 1.165) is 16.3 Å². The van der Waals surface area contributed by atoms with Gasteiger partial charge in [0.05, 0.1) is 4.90 Å². The molecule has 5 aromatic rings. The summed E-state index contributed by atoms with van der Waals surface area (Å²) in [5.74, 6) is 1.32. The summed E-state index contributed by atoms with van der Waals surface area (Å²) in [5, 5.41) is 4.69. The van der Waals surface area contributed by atoms with Gasteiger partial charge >= 0.3 is 6.03 Å². The van der Waals surface area contributed by atoms with E-state index in [1.807, 2.05) is 85.8 Å². The molecule has 2 amide bonds. The number of benzene rings is 5. The summed E-state index contributed by atoms with van der Waals surface area (Å²) in [5.41, 5.74) is 2.31. The number of amides is 2. The molecule has 0 heterocycles. The molecule has 0 aliphatic carbocycles. The topological polar surface area (TPSA) is 87.7 Å². The van der Waals surface area contributed by atoms with Crippen LogP contribution in [0.25, 0.3) is 10.8 Å². The fraction of sp³-hybridized carbons (Fsp3) is 0.0938. The Morgan fingerprint density at radius 2 is 1.40 bits per heavy atom. The molecule has 0 saturated heterocycles. The zero-order chi connectivity index (χ0) is 28.0. The molecule has 202 valence electrons. The van der Waals surface area contributed by atoms with Crippen LogP contribution in [0.4, 0.5) is 16.2 Å². The van der Waals surface area contributed by atoms with E-state index in [1.54, 1.807) is 42.5 Å². The van der Waals surface area contributed by atoms with E-state index in [9.17, 15) is 13.2 Å². The van der Waals surface area contributed by atoms with Crippen LogP contribution in [-0.4, -0.2) is 27.5 Å². The van der Waals surface area contributed by atoms with Crippen LogP contribution in [0.2, 0.25) is 0 Å². The Kier molecular flexibility index (Phi) is 8.10. The highest BCUT2D eigenvalue weighted by atomic mass is 32.2. The van der Waals surface area contributed by atoms with Crippen molar-refractivity contribution in [2.24, 2.45) is 0 Å². The Morgan fingerprint density at radius 3 is 2.12 bits per heavy atom. The first-order chi connectivity index (χ1) is 19.4. The number of ether oxygens (including phenoxy) is 1. The second-order valence-electron chi connectivity index (χ2n) is 9.26. The Labute approximate surface area is 234 Å². The van der Waals surface area contributed by atoms with Crippen LogP contribution in [-0.2, 0) is 10.0 Å². The maximum Gasteiger partial charge on any atom is 0.326 e. The number of aryl methyl sites for hydroxylation is 1. The average molecular weight is 552 g/mol. The van der Waals surface area contributed by atoms with Crippen LogP contribution in [0.1, 0.15) is 5.56 Å². The first kappa shape index (κ1) is 26.9. The quantitative estimate of drug-likeness (QED) is 0.207. The van der Waals surface area contributed by atoms with Crippen molar-refractivity contribution in [2.75, 3.05) is 23.3 Å². The predicted octanol–water partition coefficient (Wildman–Crippen LogP) is 6.96. The number of rotatable bonds is 9. The number of carbonyl (C=O) groups excluding carboxylic acids is 1. The molecule has 0 aromatic heterocycles. The molecule has 0 spiro atoms. The van der Waals surface area contributed by atoms with Crippen LogP contribution in [0.15, 0.2) is 126 Å². The molecule has 0 unspecified atom stereocenters. The largest absolute Gasteiger partial charge is 0.457 e. The van der Waals surface area contributed by atoms with Gasteiger partial charge in [0, 0.05) is 24.5 Å².